The van der Waals surface area contributed by atoms with Crippen LogP contribution in [0.1, 0.15) is 58.8 Å². The molecule has 1 amide bonds. The van der Waals surface area contributed by atoms with Gasteiger partial charge in [-0.05, 0) is 49.6 Å². The van der Waals surface area contributed by atoms with Crippen LogP contribution in [0.2, 0.25) is 0 Å². The summed E-state index contributed by atoms with van der Waals surface area (Å²) in [5.41, 5.74) is 0.254. The monoisotopic (exact) mass is 266 g/mol. The number of carbonyl (C=O) groups excluding carboxylic acids is 1. The van der Waals surface area contributed by atoms with Crippen molar-refractivity contribution in [3.05, 3.63) is 0 Å². The lowest BCUT2D eigenvalue weighted by Gasteiger charge is -2.37. The van der Waals surface area contributed by atoms with Crippen molar-refractivity contribution in [2.24, 2.45) is 17.3 Å². The van der Waals surface area contributed by atoms with E-state index in [0.717, 1.165) is 32.0 Å². The molecule has 1 atom stereocenters. The molecule has 0 aromatic rings. The van der Waals surface area contributed by atoms with E-state index >= 15 is 0 Å². The van der Waals surface area contributed by atoms with Crippen LogP contribution in [0.15, 0.2) is 0 Å². The predicted molar refractivity (Wildman–Crippen MR) is 79.0 cm³/mol. The van der Waals surface area contributed by atoms with Gasteiger partial charge in [-0.1, -0.05) is 33.1 Å². The maximum Gasteiger partial charge on any atom is 0.220 e. The highest BCUT2D eigenvalue weighted by Gasteiger charge is 2.31. The second kappa shape index (κ2) is 6.74. The molecule has 0 radical (unpaired) electrons. The molecule has 0 spiro atoms. The first kappa shape index (κ1) is 14.8. The summed E-state index contributed by atoms with van der Waals surface area (Å²) < 4.78 is 0. The van der Waals surface area contributed by atoms with Gasteiger partial charge in [-0.25, -0.2) is 0 Å². The van der Waals surface area contributed by atoms with Gasteiger partial charge in [-0.2, -0.15) is 0 Å². The van der Waals surface area contributed by atoms with Crippen LogP contribution in [-0.2, 0) is 4.79 Å². The lowest BCUT2D eigenvalue weighted by atomic mass is 9.71. The van der Waals surface area contributed by atoms with Gasteiger partial charge < -0.3 is 10.6 Å². The van der Waals surface area contributed by atoms with Crippen LogP contribution >= 0.6 is 0 Å². The highest BCUT2D eigenvalue weighted by Crippen LogP contribution is 2.37. The van der Waals surface area contributed by atoms with Crippen molar-refractivity contribution in [3.8, 4) is 0 Å². The maximum absolute atomic E-state index is 12.0. The van der Waals surface area contributed by atoms with Crippen LogP contribution in [0.4, 0.5) is 0 Å². The van der Waals surface area contributed by atoms with E-state index < -0.39 is 0 Å². The molecule has 3 nitrogen and oxygen atoms in total. The molecule has 1 aliphatic heterocycles. The van der Waals surface area contributed by atoms with E-state index in [-0.39, 0.29) is 11.3 Å². The van der Waals surface area contributed by atoms with Crippen LogP contribution in [0.3, 0.4) is 0 Å². The molecule has 0 aromatic heterocycles. The molecule has 2 aliphatic rings. The Morgan fingerprint density at radius 2 is 1.95 bits per heavy atom. The van der Waals surface area contributed by atoms with Crippen molar-refractivity contribution in [1.82, 2.24) is 10.6 Å². The average molecular weight is 266 g/mol. The van der Waals surface area contributed by atoms with Gasteiger partial charge >= 0.3 is 0 Å². The molecule has 2 N–H and O–H groups in total. The third-order valence-corrected chi connectivity index (χ3v) is 5.09. The van der Waals surface area contributed by atoms with Gasteiger partial charge in [0, 0.05) is 13.0 Å². The molecule has 2 rings (SSSR count). The number of nitrogens with one attached hydrogen (secondary N) is 2. The van der Waals surface area contributed by atoms with Gasteiger partial charge in [-0.3, -0.25) is 4.79 Å². The second-order valence-electron chi connectivity index (χ2n) is 7.16. The average Bonchev–Trinajstić information content (AvgIpc) is 2.90. The Kier molecular flexibility index (Phi) is 5.26. The summed E-state index contributed by atoms with van der Waals surface area (Å²) in [4.78, 5) is 12.0. The largest absolute Gasteiger partial charge is 0.356 e. The first-order valence-corrected chi connectivity index (χ1v) is 8.05. The summed E-state index contributed by atoms with van der Waals surface area (Å²) in [6.07, 6.45) is 8.68. The quantitative estimate of drug-likeness (QED) is 0.803. The minimum Gasteiger partial charge on any atom is -0.356 e. The zero-order valence-electron chi connectivity index (χ0n) is 12.6. The number of hydrogen-bond donors (Lipinski definition) is 2. The standard InChI is InChI=1S/C16H30N2O/c1-16(2,14-6-4-3-5-7-14)12-18-15(19)10-13-8-9-17-11-13/h13-14,17H,3-12H2,1-2H3,(H,18,19). The fourth-order valence-corrected chi connectivity index (χ4v) is 3.58. The van der Waals surface area contributed by atoms with Crippen molar-refractivity contribution in [3.63, 3.8) is 0 Å². The normalized spacial score (nSPS) is 25.5. The number of amides is 1. The zero-order chi connectivity index (χ0) is 13.7. The van der Waals surface area contributed by atoms with E-state index in [1.54, 1.807) is 0 Å². The van der Waals surface area contributed by atoms with Crippen molar-refractivity contribution in [2.75, 3.05) is 19.6 Å². The first-order chi connectivity index (χ1) is 9.08. The first-order valence-electron chi connectivity index (χ1n) is 8.05. The van der Waals surface area contributed by atoms with Gasteiger partial charge in [0.1, 0.15) is 0 Å². The van der Waals surface area contributed by atoms with Gasteiger partial charge in [0.25, 0.3) is 0 Å². The van der Waals surface area contributed by atoms with Crippen LogP contribution in [0.25, 0.3) is 0 Å². The molecule has 1 heterocycles. The predicted octanol–water partition coefficient (Wildman–Crippen LogP) is 2.71. The number of hydrogen-bond acceptors (Lipinski definition) is 2. The molecule has 0 aromatic carbocycles. The minimum atomic E-state index is 0.248. The molecule has 1 unspecified atom stereocenters. The lowest BCUT2D eigenvalue weighted by molar-refractivity contribution is -0.122. The molecule has 110 valence electrons. The van der Waals surface area contributed by atoms with Gasteiger partial charge in [0.2, 0.25) is 5.91 Å². The van der Waals surface area contributed by atoms with Crippen LogP contribution < -0.4 is 10.6 Å². The summed E-state index contributed by atoms with van der Waals surface area (Å²) in [6, 6.07) is 0. The molecule has 1 aliphatic carbocycles. The Morgan fingerprint density at radius 1 is 1.21 bits per heavy atom. The summed E-state index contributed by atoms with van der Waals surface area (Å²) in [5, 5.41) is 6.50. The van der Waals surface area contributed by atoms with Crippen molar-refractivity contribution in [2.45, 2.75) is 58.8 Å². The molecular weight excluding hydrogens is 236 g/mol. The fourth-order valence-electron chi connectivity index (χ4n) is 3.58. The van der Waals surface area contributed by atoms with E-state index in [1.165, 1.54) is 32.1 Å². The summed E-state index contributed by atoms with van der Waals surface area (Å²) in [5.74, 6) is 1.59. The fraction of sp³-hybridized carbons (Fsp3) is 0.938. The topological polar surface area (TPSA) is 41.1 Å². The highest BCUT2D eigenvalue weighted by molar-refractivity contribution is 5.76. The van der Waals surface area contributed by atoms with Crippen LogP contribution in [0, 0.1) is 17.3 Å². The Bertz CT molecular complexity index is 289. The van der Waals surface area contributed by atoms with Crippen LogP contribution in [-0.4, -0.2) is 25.5 Å². The summed E-state index contributed by atoms with van der Waals surface area (Å²) in [7, 11) is 0. The Balaban J connectivity index is 1.71. The molecular formula is C16H30N2O. The van der Waals surface area contributed by atoms with E-state index in [2.05, 4.69) is 24.5 Å². The highest BCUT2D eigenvalue weighted by atomic mass is 16.1. The van der Waals surface area contributed by atoms with E-state index in [4.69, 9.17) is 0 Å². The maximum atomic E-state index is 12.0. The minimum absolute atomic E-state index is 0.248. The molecule has 19 heavy (non-hydrogen) atoms. The van der Waals surface area contributed by atoms with E-state index in [0.29, 0.717) is 12.3 Å². The Hall–Kier alpha value is -0.570. The number of rotatable bonds is 5. The number of carbonyl (C=O) groups is 1. The summed E-state index contributed by atoms with van der Waals surface area (Å²) >= 11 is 0. The van der Waals surface area contributed by atoms with Gasteiger partial charge in [0.05, 0.1) is 0 Å². The molecule has 0 bridgehead atoms. The zero-order valence-corrected chi connectivity index (χ0v) is 12.6. The Morgan fingerprint density at radius 3 is 2.58 bits per heavy atom. The molecule has 1 saturated carbocycles. The summed E-state index contributed by atoms with van der Waals surface area (Å²) in [6.45, 7) is 7.57. The van der Waals surface area contributed by atoms with Crippen molar-refractivity contribution < 1.29 is 4.79 Å². The Labute approximate surface area is 117 Å². The third-order valence-electron chi connectivity index (χ3n) is 5.09. The smallest absolute Gasteiger partial charge is 0.220 e. The molecule has 1 saturated heterocycles. The third kappa shape index (κ3) is 4.48. The van der Waals surface area contributed by atoms with Crippen molar-refractivity contribution in [1.29, 1.82) is 0 Å². The second-order valence-corrected chi connectivity index (χ2v) is 7.16. The van der Waals surface area contributed by atoms with Crippen LogP contribution in [0.5, 0.6) is 0 Å². The van der Waals surface area contributed by atoms with E-state index in [1.807, 2.05) is 0 Å². The molecule has 2 fully saturated rings. The van der Waals surface area contributed by atoms with E-state index in [9.17, 15) is 4.79 Å². The van der Waals surface area contributed by atoms with Gasteiger partial charge in [0.15, 0.2) is 0 Å². The lowest BCUT2D eigenvalue weighted by Crippen LogP contribution is -2.39. The molecule has 3 heteroatoms. The SMILES string of the molecule is CC(C)(CNC(=O)CC1CCNC1)C1CCCCC1. The van der Waals surface area contributed by atoms with Crippen molar-refractivity contribution >= 4 is 5.91 Å². The van der Waals surface area contributed by atoms with Gasteiger partial charge in [-0.15, -0.1) is 0 Å².